The van der Waals surface area contributed by atoms with E-state index in [0.29, 0.717) is 16.3 Å². The van der Waals surface area contributed by atoms with Gasteiger partial charge in [-0.15, -0.1) is 10.2 Å². The minimum Gasteiger partial charge on any atom is -0.382 e. The summed E-state index contributed by atoms with van der Waals surface area (Å²) in [6.45, 7) is 1.86. The van der Waals surface area contributed by atoms with Crippen molar-refractivity contribution in [2.75, 3.05) is 11.1 Å². The van der Waals surface area contributed by atoms with Crippen LogP contribution in [0.1, 0.15) is 36.7 Å². The lowest BCUT2D eigenvalue weighted by molar-refractivity contribution is -0.121. The van der Waals surface area contributed by atoms with E-state index in [2.05, 4.69) is 30.5 Å². The smallest absolute Gasteiger partial charge is 0.229 e. The number of aromatic nitrogens is 6. The molecule has 0 bridgehead atoms. The van der Waals surface area contributed by atoms with E-state index in [0.717, 1.165) is 30.7 Å². The summed E-state index contributed by atoms with van der Waals surface area (Å²) in [5.41, 5.74) is 7.06. The maximum atomic E-state index is 12.4. The topological polar surface area (TPSA) is 124 Å². The van der Waals surface area contributed by atoms with Crippen molar-refractivity contribution >= 4 is 51.0 Å². The standard InChI is InChI=1S/C15H17ClN8OS/c1-7-22-23-15(26-7)21-13(25)8-2-4-9(5-3-8)24-6-18-10-11(17)19-14(16)20-12(10)24/h6,8-9H,2-5H2,1H3,(H2,17,19,20)(H,21,23,25). The second kappa shape index (κ2) is 6.76. The first-order chi connectivity index (χ1) is 12.5. The summed E-state index contributed by atoms with van der Waals surface area (Å²) in [6.07, 6.45) is 4.98. The van der Waals surface area contributed by atoms with E-state index in [1.54, 1.807) is 6.33 Å². The summed E-state index contributed by atoms with van der Waals surface area (Å²) < 4.78 is 1.99. The van der Waals surface area contributed by atoms with Crippen LogP contribution < -0.4 is 11.1 Å². The van der Waals surface area contributed by atoms with E-state index in [1.807, 2.05) is 11.5 Å². The van der Waals surface area contributed by atoms with E-state index in [9.17, 15) is 4.79 Å². The molecule has 136 valence electrons. The first-order valence-corrected chi connectivity index (χ1v) is 9.47. The highest BCUT2D eigenvalue weighted by Crippen LogP contribution is 2.35. The molecule has 0 saturated heterocycles. The zero-order chi connectivity index (χ0) is 18.3. The third-order valence-electron chi connectivity index (χ3n) is 4.64. The van der Waals surface area contributed by atoms with Gasteiger partial charge >= 0.3 is 0 Å². The highest BCUT2D eigenvalue weighted by molar-refractivity contribution is 7.15. The lowest BCUT2D eigenvalue weighted by Crippen LogP contribution is -2.28. The maximum Gasteiger partial charge on any atom is 0.229 e. The van der Waals surface area contributed by atoms with Gasteiger partial charge in [0.25, 0.3) is 0 Å². The highest BCUT2D eigenvalue weighted by Gasteiger charge is 2.29. The molecule has 0 aromatic carbocycles. The van der Waals surface area contributed by atoms with Crippen LogP contribution in [-0.2, 0) is 4.79 Å². The lowest BCUT2D eigenvalue weighted by atomic mass is 9.85. The summed E-state index contributed by atoms with van der Waals surface area (Å²) in [7, 11) is 0. The summed E-state index contributed by atoms with van der Waals surface area (Å²) >= 11 is 7.31. The number of carbonyl (C=O) groups excluding carboxylic acids is 1. The fourth-order valence-corrected chi connectivity index (χ4v) is 4.11. The Hall–Kier alpha value is -2.33. The number of anilines is 2. The lowest BCUT2D eigenvalue weighted by Gasteiger charge is -2.28. The van der Waals surface area contributed by atoms with Gasteiger partial charge in [-0.2, -0.15) is 9.97 Å². The Balaban J connectivity index is 1.44. The van der Waals surface area contributed by atoms with Crippen LogP contribution in [0, 0.1) is 12.8 Å². The number of nitrogens with zero attached hydrogens (tertiary/aromatic N) is 6. The van der Waals surface area contributed by atoms with Crippen molar-refractivity contribution in [1.29, 1.82) is 0 Å². The Morgan fingerprint density at radius 2 is 2.08 bits per heavy atom. The minimum absolute atomic E-state index is 0.00435. The van der Waals surface area contributed by atoms with Crippen LogP contribution >= 0.6 is 22.9 Å². The number of halogens is 1. The second-order valence-corrected chi connectivity index (χ2v) is 7.84. The molecule has 1 saturated carbocycles. The number of hydrogen-bond donors (Lipinski definition) is 2. The van der Waals surface area contributed by atoms with Crippen LogP contribution in [0.15, 0.2) is 6.33 Å². The molecule has 0 atom stereocenters. The molecule has 26 heavy (non-hydrogen) atoms. The third kappa shape index (κ3) is 3.21. The molecule has 1 amide bonds. The van der Waals surface area contributed by atoms with Crippen molar-refractivity contribution in [3.05, 3.63) is 16.6 Å². The molecule has 1 aliphatic rings. The molecule has 0 radical (unpaired) electrons. The van der Waals surface area contributed by atoms with E-state index in [4.69, 9.17) is 17.3 Å². The largest absolute Gasteiger partial charge is 0.382 e. The molecule has 4 rings (SSSR count). The van der Waals surface area contributed by atoms with Crippen molar-refractivity contribution in [3.8, 4) is 0 Å². The monoisotopic (exact) mass is 392 g/mol. The minimum atomic E-state index is -0.0338. The number of hydrogen-bond acceptors (Lipinski definition) is 8. The predicted octanol–water partition coefficient (Wildman–Crippen LogP) is 2.59. The number of fused-ring (bicyclic) bond motifs is 1. The average molecular weight is 393 g/mol. The van der Waals surface area contributed by atoms with Crippen LogP contribution in [0.4, 0.5) is 10.9 Å². The number of aryl methyl sites for hydroxylation is 1. The highest BCUT2D eigenvalue weighted by atomic mass is 35.5. The molecule has 3 N–H and O–H groups in total. The van der Waals surface area contributed by atoms with Gasteiger partial charge in [0, 0.05) is 12.0 Å². The number of nitrogens with one attached hydrogen (secondary N) is 1. The van der Waals surface area contributed by atoms with Crippen LogP contribution in [0.25, 0.3) is 11.2 Å². The SMILES string of the molecule is Cc1nnc(NC(=O)C2CCC(n3cnc4c(N)nc(Cl)nc43)CC2)s1. The Morgan fingerprint density at radius 3 is 2.77 bits per heavy atom. The second-order valence-electron chi connectivity index (χ2n) is 6.32. The summed E-state index contributed by atoms with van der Waals surface area (Å²) in [6, 6.07) is 0.207. The number of nitrogen functional groups attached to an aromatic ring is 1. The van der Waals surface area contributed by atoms with Gasteiger partial charge in [-0.25, -0.2) is 4.98 Å². The molecule has 0 aliphatic heterocycles. The van der Waals surface area contributed by atoms with Crippen molar-refractivity contribution in [3.63, 3.8) is 0 Å². The fourth-order valence-electron chi connectivity index (χ4n) is 3.35. The van der Waals surface area contributed by atoms with Gasteiger partial charge in [-0.05, 0) is 44.2 Å². The molecule has 3 heterocycles. The van der Waals surface area contributed by atoms with Gasteiger partial charge < -0.3 is 15.6 Å². The first-order valence-electron chi connectivity index (χ1n) is 8.28. The Labute approximate surface area is 158 Å². The van der Waals surface area contributed by atoms with E-state index < -0.39 is 0 Å². The number of nitrogens with two attached hydrogens (primary N) is 1. The van der Waals surface area contributed by atoms with E-state index in [-0.39, 0.29) is 29.0 Å². The average Bonchev–Trinajstić information content (AvgIpc) is 3.21. The van der Waals surface area contributed by atoms with Crippen LogP contribution in [0.3, 0.4) is 0 Å². The van der Waals surface area contributed by atoms with Crippen LogP contribution in [-0.4, -0.2) is 35.6 Å². The van der Waals surface area contributed by atoms with Gasteiger partial charge in [-0.1, -0.05) is 11.3 Å². The van der Waals surface area contributed by atoms with Gasteiger partial charge in [0.05, 0.1) is 6.33 Å². The molecule has 0 spiro atoms. The van der Waals surface area contributed by atoms with Gasteiger partial charge in [0.15, 0.2) is 11.5 Å². The summed E-state index contributed by atoms with van der Waals surface area (Å²) in [4.78, 5) is 24.9. The van der Waals surface area contributed by atoms with Crippen molar-refractivity contribution in [2.24, 2.45) is 5.92 Å². The van der Waals surface area contributed by atoms with E-state index >= 15 is 0 Å². The molecule has 1 fully saturated rings. The molecule has 1 aliphatic carbocycles. The van der Waals surface area contributed by atoms with E-state index in [1.165, 1.54) is 11.3 Å². The van der Waals surface area contributed by atoms with Crippen LogP contribution in [0.5, 0.6) is 0 Å². The number of carbonyl (C=O) groups is 1. The Morgan fingerprint density at radius 1 is 1.31 bits per heavy atom. The first kappa shape index (κ1) is 17.1. The molecule has 9 nitrogen and oxygen atoms in total. The zero-order valence-corrected chi connectivity index (χ0v) is 15.6. The number of imidazole rings is 1. The van der Waals surface area contributed by atoms with Gasteiger partial charge in [0.1, 0.15) is 10.5 Å². The normalized spacial score (nSPS) is 20.4. The Bertz CT molecular complexity index is 962. The molecular weight excluding hydrogens is 376 g/mol. The zero-order valence-electron chi connectivity index (χ0n) is 14.0. The summed E-state index contributed by atoms with van der Waals surface area (Å²) in [5.74, 6) is 0.248. The fraction of sp³-hybridized carbons (Fsp3) is 0.467. The number of rotatable bonds is 3. The van der Waals surface area contributed by atoms with Gasteiger partial charge in [-0.3, -0.25) is 4.79 Å². The molecular formula is C15H17ClN8OS. The Kier molecular flexibility index (Phi) is 4.45. The van der Waals surface area contributed by atoms with Crippen molar-refractivity contribution < 1.29 is 4.79 Å². The summed E-state index contributed by atoms with van der Waals surface area (Å²) in [5, 5.41) is 12.2. The van der Waals surface area contributed by atoms with Crippen molar-refractivity contribution in [2.45, 2.75) is 38.6 Å². The maximum absolute atomic E-state index is 12.4. The molecule has 0 unspecified atom stereocenters. The molecule has 3 aromatic rings. The third-order valence-corrected chi connectivity index (χ3v) is 5.56. The van der Waals surface area contributed by atoms with Gasteiger partial charge in [0.2, 0.25) is 16.3 Å². The predicted molar refractivity (Wildman–Crippen MR) is 99.0 cm³/mol. The quantitative estimate of drug-likeness (QED) is 0.656. The number of amides is 1. The van der Waals surface area contributed by atoms with Crippen LogP contribution in [0.2, 0.25) is 5.28 Å². The molecule has 3 aromatic heterocycles. The molecule has 11 heteroatoms. The van der Waals surface area contributed by atoms with Crippen molar-refractivity contribution in [1.82, 2.24) is 29.7 Å².